The SMILES string of the molecule is COCCOCCCCNCCCC(N)=NO. The fourth-order valence-corrected chi connectivity index (χ4v) is 1.27. The predicted octanol–water partition coefficient (Wildman–Crippen LogP) is 0.546. The Morgan fingerprint density at radius 2 is 1.94 bits per heavy atom. The molecule has 102 valence electrons. The van der Waals surface area contributed by atoms with E-state index < -0.39 is 0 Å². The Bertz CT molecular complexity index is 189. The molecule has 6 nitrogen and oxygen atoms in total. The highest BCUT2D eigenvalue weighted by Gasteiger charge is 1.94. The molecule has 0 saturated carbocycles. The van der Waals surface area contributed by atoms with E-state index in [1.807, 2.05) is 0 Å². The van der Waals surface area contributed by atoms with E-state index in [0.29, 0.717) is 25.5 Å². The Labute approximate surface area is 103 Å². The zero-order valence-electron chi connectivity index (χ0n) is 10.7. The van der Waals surface area contributed by atoms with Crippen LogP contribution in [0.15, 0.2) is 5.16 Å². The molecule has 0 heterocycles. The lowest BCUT2D eigenvalue weighted by molar-refractivity contribution is 0.0688. The largest absolute Gasteiger partial charge is 0.409 e. The van der Waals surface area contributed by atoms with E-state index in [0.717, 1.165) is 39.0 Å². The number of hydrogen-bond donors (Lipinski definition) is 3. The molecular weight excluding hydrogens is 222 g/mol. The first-order chi connectivity index (χ1) is 8.31. The molecule has 4 N–H and O–H groups in total. The fourth-order valence-electron chi connectivity index (χ4n) is 1.27. The van der Waals surface area contributed by atoms with E-state index in [-0.39, 0.29) is 0 Å². The lowest BCUT2D eigenvalue weighted by Crippen LogP contribution is -2.20. The van der Waals surface area contributed by atoms with Crippen molar-refractivity contribution >= 4 is 5.84 Å². The third-order valence-corrected chi connectivity index (χ3v) is 2.24. The van der Waals surface area contributed by atoms with Crippen LogP contribution in [0.3, 0.4) is 0 Å². The molecule has 0 amide bonds. The Balaban J connectivity index is 2.99. The lowest BCUT2D eigenvalue weighted by Gasteiger charge is -2.05. The van der Waals surface area contributed by atoms with Gasteiger partial charge >= 0.3 is 0 Å². The Morgan fingerprint density at radius 3 is 2.65 bits per heavy atom. The summed E-state index contributed by atoms with van der Waals surface area (Å²) in [4.78, 5) is 0. The van der Waals surface area contributed by atoms with Gasteiger partial charge in [-0.2, -0.15) is 0 Å². The molecule has 0 fully saturated rings. The molecule has 0 saturated heterocycles. The third-order valence-electron chi connectivity index (χ3n) is 2.24. The average Bonchev–Trinajstić information content (AvgIpc) is 2.35. The highest BCUT2D eigenvalue weighted by molar-refractivity contribution is 5.79. The van der Waals surface area contributed by atoms with Crippen molar-refractivity contribution in [3.05, 3.63) is 0 Å². The number of oxime groups is 1. The summed E-state index contributed by atoms with van der Waals surface area (Å²) in [5.41, 5.74) is 5.34. The molecule has 0 aliphatic carbocycles. The lowest BCUT2D eigenvalue weighted by atomic mass is 10.3. The average molecular weight is 247 g/mol. The second-order valence-corrected chi connectivity index (χ2v) is 3.76. The zero-order chi connectivity index (χ0) is 12.8. The first-order valence-corrected chi connectivity index (χ1v) is 6.05. The van der Waals surface area contributed by atoms with E-state index in [9.17, 15) is 0 Å². The van der Waals surface area contributed by atoms with Gasteiger partial charge in [0.1, 0.15) is 5.84 Å². The highest BCUT2D eigenvalue weighted by Crippen LogP contribution is 1.90. The van der Waals surface area contributed by atoms with Crippen LogP contribution in [-0.2, 0) is 9.47 Å². The van der Waals surface area contributed by atoms with Gasteiger partial charge in [-0.3, -0.25) is 0 Å². The summed E-state index contributed by atoms with van der Waals surface area (Å²) in [7, 11) is 1.67. The van der Waals surface area contributed by atoms with Gasteiger partial charge in [-0.1, -0.05) is 5.16 Å². The number of nitrogens with one attached hydrogen (secondary N) is 1. The van der Waals surface area contributed by atoms with E-state index in [1.165, 1.54) is 0 Å². The molecule has 0 spiro atoms. The summed E-state index contributed by atoms with van der Waals surface area (Å²) < 4.78 is 10.2. The van der Waals surface area contributed by atoms with Crippen LogP contribution in [0.5, 0.6) is 0 Å². The van der Waals surface area contributed by atoms with Crippen molar-refractivity contribution in [1.29, 1.82) is 0 Å². The third kappa shape index (κ3) is 13.1. The van der Waals surface area contributed by atoms with Gasteiger partial charge in [-0.25, -0.2) is 0 Å². The van der Waals surface area contributed by atoms with E-state index >= 15 is 0 Å². The van der Waals surface area contributed by atoms with Gasteiger partial charge in [-0.05, 0) is 32.4 Å². The molecule has 0 aromatic heterocycles. The summed E-state index contributed by atoms with van der Waals surface area (Å²) in [6.45, 7) is 3.98. The van der Waals surface area contributed by atoms with Crippen molar-refractivity contribution in [2.24, 2.45) is 10.9 Å². The number of unbranched alkanes of at least 4 members (excludes halogenated alkanes) is 1. The Hall–Kier alpha value is -0.850. The summed E-state index contributed by atoms with van der Waals surface area (Å²) in [5, 5.41) is 14.5. The smallest absolute Gasteiger partial charge is 0.139 e. The molecule has 0 aliphatic rings. The topological polar surface area (TPSA) is 89.1 Å². The standard InChI is InChI=1S/C11H25N3O3/c1-16-9-10-17-8-3-2-6-13-7-4-5-11(12)14-15/h13,15H,2-10H2,1H3,(H2,12,14). The van der Waals surface area contributed by atoms with Crippen LogP contribution >= 0.6 is 0 Å². The van der Waals surface area contributed by atoms with Gasteiger partial charge in [-0.15, -0.1) is 0 Å². The highest BCUT2D eigenvalue weighted by atomic mass is 16.5. The van der Waals surface area contributed by atoms with Gasteiger partial charge in [0.15, 0.2) is 0 Å². The number of hydrogen-bond acceptors (Lipinski definition) is 5. The van der Waals surface area contributed by atoms with Gasteiger partial charge in [0, 0.05) is 20.1 Å². The van der Waals surface area contributed by atoms with Crippen LogP contribution in [-0.4, -0.2) is 51.1 Å². The van der Waals surface area contributed by atoms with Crippen molar-refractivity contribution in [2.45, 2.75) is 25.7 Å². The van der Waals surface area contributed by atoms with Crippen LogP contribution in [0, 0.1) is 0 Å². The first kappa shape index (κ1) is 16.1. The van der Waals surface area contributed by atoms with Gasteiger partial charge in [0.25, 0.3) is 0 Å². The molecule has 0 radical (unpaired) electrons. The monoisotopic (exact) mass is 247 g/mol. The molecule has 0 bridgehead atoms. The minimum absolute atomic E-state index is 0.290. The molecule has 0 rings (SSSR count). The molecule has 17 heavy (non-hydrogen) atoms. The predicted molar refractivity (Wildman–Crippen MR) is 67.4 cm³/mol. The van der Waals surface area contributed by atoms with Crippen LogP contribution < -0.4 is 11.1 Å². The van der Waals surface area contributed by atoms with Gasteiger partial charge < -0.3 is 25.7 Å². The van der Waals surface area contributed by atoms with Gasteiger partial charge in [0.05, 0.1) is 13.2 Å². The maximum absolute atomic E-state index is 8.32. The number of amidine groups is 1. The quantitative estimate of drug-likeness (QED) is 0.154. The minimum Gasteiger partial charge on any atom is -0.409 e. The molecule has 6 heteroatoms. The number of ether oxygens (including phenoxy) is 2. The van der Waals surface area contributed by atoms with Crippen molar-refractivity contribution in [3.63, 3.8) is 0 Å². The first-order valence-electron chi connectivity index (χ1n) is 6.05. The summed E-state index contributed by atoms with van der Waals surface area (Å²) in [5.74, 6) is 0.290. The Morgan fingerprint density at radius 1 is 1.18 bits per heavy atom. The van der Waals surface area contributed by atoms with E-state index in [2.05, 4.69) is 10.5 Å². The number of rotatable bonds is 12. The van der Waals surface area contributed by atoms with Crippen LogP contribution in [0.25, 0.3) is 0 Å². The minimum atomic E-state index is 0.290. The van der Waals surface area contributed by atoms with Crippen LogP contribution in [0.4, 0.5) is 0 Å². The fraction of sp³-hybridized carbons (Fsp3) is 0.909. The zero-order valence-corrected chi connectivity index (χ0v) is 10.7. The molecular formula is C11H25N3O3. The normalized spacial score (nSPS) is 11.9. The van der Waals surface area contributed by atoms with Crippen molar-refractivity contribution in [1.82, 2.24) is 5.32 Å². The van der Waals surface area contributed by atoms with Crippen molar-refractivity contribution < 1.29 is 14.7 Å². The Kier molecular flexibility index (Phi) is 12.6. The second-order valence-electron chi connectivity index (χ2n) is 3.76. The summed E-state index contributed by atoms with van der Waals surface area (Å²) in [6, 6.07) is 0. The second kappa shape index (κ2) is 13.2. The number of nitrogens with two attached hydrogens (primary N) is 1. The van der Waals surface area contributed by atoms with Gasteiger partial charge in [0.2, 0.25) is 0 Å². The van der Waals surface area contributed by atoms with E-state index in [4.69, 9.17) is 20.4 Å². The van der Waals surface area contributed by atoms with E-state index in [1.54, 1.807) is 7.11 Å². The molecule has 0 aromatic rings. The molecule has 0 unspecified atom stereocenters. The molecule has 0 aromatic carbocycles. The van der Waals surface area contributed by atoms with Crippen molar-refractivity contribution in [2.75, 3.05) is 40.0 Å². The summed E-state index contributed by atoms with van der Waals surface area (Å²) in [6.07, 6.45) is 3.66. The van der Waals surface area contributed by atoms with Crippen LogP contribution in [0.1, 0.15) is 25.7 Å². The van der Waals surface area contributed by atoms with Crippen LogP contribution in [0.2, 0.25) is 0 Å². The maximum atomic E-state index is 8.32. The molecule has 0 aliphatic heterocycles. The van der Waals surface area contributed by atoms with Crippen molar-refractivity contribution in [3.8, 4) is 0 Å². The number of nitrogens with zero attached hydrogens (tertiary/aromatic N) is 1. The summed E-state index contributed by atoms with van der Waals surface area (Å²) >= 11 is 0. The maximum Gasteiger partial charge on any atom is 0.139 e. The molecule has 0 atom stereocenters. The number of methoxy groups -OCH3 is 1.